The first-order chi connectivity index (χ1) is 9.84. The van der Waals surface area contributed by atoms with E-state index in [-0.39, 0.29) is 6.03 Å². The molecule has 0 spiro atoms. The highest BCUT2D eigenvalue weighted by Crippen LogP contribution is 2.14. The molecule has 0 aliphatic heterocycles. The highest BCUT2D eigenvalue weighted by atomic mass is 32.2. The number of amides is 2. The van der Waals surface area contributed by atoms with Crippen molar-refractivity contribution in [3.05, 3.63) is 42.9 Å². The second-order valence-electron chi connectivity index (χ2n) is 3.82. The van der Waals surface area contributed by atoms with Crippen molar-refractivity contribution < 1.29 is 4.79 Å². The van der Waals surface area contributed by atoms with E-state index in [1.165, 1.54) is 0 Å². The number of nitrogens with zero attached hydrogens (tertiary/aromatic N) is 3. The molecule has 20 heavy (non-hydrogen) atoms. The Morgan fingerprint density at radius 2 is 1.90 bits per heavy atom. The quantitative estimate of drug-likeness (QED) is 0.629. The van der Waals surface area contributed by atoms with Crippen molar-refractivity contribution in [1.29, 1.82) is 0 Å². The minimum atomic E-state index is -0.293. The van der Waals surface area contributed by atoms with Gasteiger partial charge in [0.05, 0.1) is 5.03 Å². The fourth-order valence-electron chi connectivity index (χ4n) is 1.39. The van der Waals surface area contributed by atoms with Gasteiger partial charge in [0.25, 0.3) is 0 Å². The van der Waals surface area contributed by atoms with Crippen molar-refractivity contribution in [2.75, 3.05) is 17.6 Å². The lowest BCUT2D eigenvalue weighted by Crippen LogP contribution is -2.30. The third kappa shape index (κ3) is 5.23. The largest absolute Gasteiger partial charge is 0.338 e. The molecule has 0 fully saturated rings. The van der Waals surface area contributed by atoms with E-state index in [2.05, 4.69) is 25.6 Å². The Morgan fingerprint density at radius 1 is 1.10 bits per heavy atom. The van der Waals surface area contributed by atoms with Gasteiger partial charge in [0.2, 0.25) is 5.95 Å². The first-order valence-electron chi connectivity index (χ1n) is 6.20. The number of nitrogens with one attached hydrogen (secondary N) is 2. The molecular weight excluding hydrogens is 274 g/mol. The zero-order valence-electron chi connectivity index (χ0n) is 10.8. The fraction of sp³-hybridized carbons (Fsp3) is 0.231. The van der Waals surface area contributed by atoms with Gasteiger partial charge in [-0.15, -0.1) is 11.8 Å². The molecule has 0 aliphatic carbocycles. The molecule has 6 nitrogen and oxygen atoms in total. The van der Waals surface area contributed by atoms with Gasteiger partial charge in [0, 0.05) is 30.9 Å². The molecule has 2 aromatic heterocycles. The number of pyridine rings is 1. The maximum atomic E-state index is 11.5. The first-order valence-corrected chi connectivity index (χ1v) is 7.19. The lowest BCUT2D eigenvalue weighted by atomic mass is 10.5. The van der Waals surface area contributed by atoms with Crippen LogP contribution < -0.4 is 10.6 Å². The highest BCUT2D eigenvalue weighted by molar-refractivity contribution is 7.99. The average molecular weight is 289 g/mol. The first kappa shape index (κ1) is 14.3. The van der Waals surface area contributed by atoms with Crippen LogP contribution in [0.3, 0.4) is 0 Å². The second-order valence-corrected chi connectivity index (χ2v) is 4.94. The minimum Gasteiger partial charge on any atom is -0.338 e. The van der Waals surface area contributed by atoms with Crippen LogP contribution in [0.2, 0.25) is 0 Å². The molecule has 2 rings (SSSR count). The molecule has 0 saturated heterocycles. The summed E-state index contributed by atoms with van der Waals surface area (Å²) in [5, 5.41) is 6.31. The summed E-state index contributed by atoms with van der Waals surface area (Å²) in [5.74, 6) is 1.20. The molecule has 2 heterocycles. The minimum absolute atomic E-state index is 0.293. The zero-order valence-corrected chi connectivity index (χ0v) is 11.6. The highest BCUT2D eigenvalue weighted by Gasteiger charge is 2.02. The molecule has 2 N–H and O–H groups in total. The molecule has 2 aromatic rings. The van der Waals surface area contributed by atoms with Gasteiger partial charge in [-0.05, 0) is 24.6 Å². The molecule has 0 bridgehead atoms. The number of hydrogen-bond acceptors (Lipinski definition) is 5. The third-order valence-electron chi connectivity index (χ3n) is 2.29. The summed E-state index contributed by atoms with van der Waals surface area (Å²) in [7, 11) is 0. The molecule has 7 heteroatoms. The maximum Gasteiger partial charge on any atom is 0.321 e. The van der Waals surface area contributed by atoms with E-state index < -0.39 is 0 Å². The van der Waals surface area contributed by atoms with Gasteiger partial charge in [-0.2, -0.15) is 0 Å². The van der Waals surface area contributed by atoms with Crippen LogP contribution in [-0.2, 0) is 0 Å². The molecule has 0 aromatic carbocycles. The van der Waals surface area contributed by atoms with Gasteiger partial charge >= 0.3 is 6.03 Å². The van der Waals surface area contributed by atoms with Crippen LogP contribution in [0.15, 0.2) is 47.9 Å². The number of carbonyl (C=O) groups is 1. The predicted octanol–water partition coefficient (Wildman–Crippen LogP) is 2.18. The fourth-order valence-corrected chi connectivity index (χ4v) is 2.20. The van der Waals surface area contributed by atoms with Crippen LogP contribution in [0.25, 0.3) is 0 Å². The summed E-state index contributed by atoms with van der Waals surface area (Å²) in [6.45, 7) is 0.596. The van der Waals surface area contributed by atoms with Crippen LogP contribution >= 0.6 is 11.8 Å². The Hall–Kier alpha value is -2.15. The number of hydrogen-bond donors (Lipinski definition) is 2. The lowest BCUT2D eigenvalue weighted by Gasteiger charge is -2.05. The average Bonchev–Trinajstić information content (AvgIpc) is 2.49. The number of thioether (sulfide) groups is 1. The molecule has 104 valence electrons. The van der Waals surface area contributed by atoms with Crippen molar-refractivity contribution in [1.82, 2.24) is 20.3 Å². The van der Waals surface area contributed by atoms with Gasteiger partial charge in [-0.1, -0.05) is 6.07 Å². The van der Waals surface area contributed by atoms with Crippen LogP contribution in [-0.4, -0.2) is 33.3 Å². The van der Waals surface area contributed by atoms with Crippen LogP contribution in [0.4, 0.5) is 10.7 Å². The zero-order chi connectivity index (χ0) is 14.0. The van der Waals surface area contributed by atoms with Crippen molar-refractivity contribution in [2.45, 2.75) is 11.4 Å². The van der Waals surface area contributed by atoms with E-state index in [0.717, 1.165) is 17.2 Å². The van der Waals surface area contributed by atoms with E-state index in [1.54, 1.807) is 36.4 Å². The van der Waals surface area contributed by atoms with Crippen LogP contribution in [0, 0.1) is 0 Å². The number of urea groups is 1. The third-order valence-corrected chi connectivity index (χ3v) is 3.32. The van der Waals surface area contributed by atoms with Crippen LogP contribution in [0.5, 0.6) is 0 Å². The Bertz CT molecular complexity index is 523. The maximum absolute atomic E-state index is 11.5. The van der Waals surface area contributed by atoms with Crippen molar-refractivity contribution >= 4 is 23.7 Å². The van der Waals surface area contributed by atoms with E-state index in [4.69, 9.17) is 0 Å². The molecule has 0 atom stereocenters. The molecule has 0 aliphatic rings. The van der Waals surface area contributed by atoms with E-state index in [0.29, 0.717) is 12.5 Å². The number of carbonyl (C=O) groups excluding carboxylic acids is 1. The normalized spacial score (nSPS) is 10.0. The standard InChI is InChI=1S/C13H15N5OS/c19-13(18-12-15-7-3-8-16-12)17-9-4-10-20-11-5-1-2-6-14-11/h1-3,5-8H,4,9-10H2,(H2,15,16,17,18,19). The number of rotatable bonds is 6. The monoisotopic (exact) mass is 289 g/mol. The van der Waals surface area contributed by atoms with Gasteiger partial charge in [0.1, 0.15) is 0 Å². The molecular formula is C13H15N5OS. The predicted molar refractivity (Wildman–Crippen MR) is 78.6 cm³/mol. The molecule has 0 unspecified atom stereocenters. The van der Waals surface area contributed by atoms with Gasteiger partial charge < -0.3 is 5.32 Å². The summed E-state index contributed by atoms with van der Waals surface area (Å²) in [4.78, 5) is 23.6. The van der Waals surface area contributed by atoms with Crippen molar-refractivity contribution in [3.63, 3.8) is 0 Å². The topological polar surface area (TPSA) is 79.8 Å². The van der Waals surface area contributed by atoms with Crippen LogP contribution in [0.1, 0.15) is 6.42 Å². The Morgan fingerprint density at radius 3 is 2.65 bits per heavy atom. The Labute approximate surface area is 121 Å². The molecule has 2 amide bonds. The number of aromatic nitrogens is 3. The van der Waals surface area contributed by atoms with Gasteiger partial charge in [-0.3, -0.25) is 5.32 Å². The van der Waals surface area contributed by atoms with E-state index in [1.807, 2.05) is 18.2 Å². The van der Waals surface area contributed by atoms with E-state index >= 15 is 0 Å². The molecule has 0 saturated carbocycles. The Kier molecular flexibility index (Phi) is 5.78. The van der Waals surface area contributed by atoms with Gasteiger partial charge in [-0.25, -0.2) is 19.7 Å². The van der Waals surface area contributed by atoms with E-state index in [9.17, 15) is 4.79 Å². The lowest BCUT2D eigenvalue weighted by molar-refractivity contribution is 0.252. The SMILES string of the molecule is O=C(NCCCSc1ccccn1)Nc1ncccn1. The van der Waals surface area contributed by atoms with Crippen molar-refractivity contribution in [2.24, 2.45) is 0 Å². The summed E-state index contributed by atoms with van der Waals surface area (Å²) in [5.41, 5.74) is 0. The number of anilines is 1. The van der Waals surface area contributed by atoms with Crippen molar-refractivity contribution in [3.8, 4) is 0 Å². The summed E-state index contributed by atoms with van der Waals surface area (Å²) >= 11 is 1.67. The summed E-state index contributed by atoms with van der Waals surface area (Å²) < 4.78 is 0. The summed E-state index contributed by atoms with van der Waals surface area (Å²) in [6, 6.07) is 7.22. The smallest absolute Gasteiger partial charge is 0.321 e. The summed E-state index contributed by atoms with van der Waals surface area (Å²) in [6.07, 6.45) is 5.79. The second kappa shape index (κ2) is 8.11. The Balaban J connectivity index is 1.58. The molecule has 0 radical (unpaired) electrons. The van der Waals surface area contributed by atoms with Gasteiger partial charge in [0.15, 0.2) is 0 Å².